The number of ether oxygens (including phenoxy) is 2. The molecule has 0 unspecified atom stereocenters. The van der Waals surface area contributed by atoms with Crippen LogP contribution in [0.3, 0.4) is 0 Å². The molecule has 0 aliphatic heterocycles. The molecule has 0 fully saturated rings. The first-order valence-electron chi connectivity index (χ1n) is 6.25. The molecule has 110 valence electrons. The van der Waals surface area contributed by atoms with Crippen LogP contribution in [0.25, 0.3) is 0 Å². The van der Waals surface area contributed by atoms with Gasteiger partial charge in [-0.2, -0.15) is 0 Å². The molecule has 0 N–H and O–H groups in total. The lowest BCUT2D eigenvalue weighted by molar-refractivity contribution is 0.0734. The van der Waals surface area contributed by atoms with Gasteiger partial charge in [-0.1, -0.05) is 11.6 Å². The number of hydrogen-bond acceptors (Lipinski definition) is 3. The molecule has 0 amide bonds. The second-order valence-electron chi connectivity index (χ2n) is 4.61. The predicted molar refractivity (Wildman–Crippen MR) is 91.6 cm³/mol. The quantitative estimate of drug-likeness (QED) is 0.410. The molecular weight excluding hydrogens is 403 g/mol. The number of methoxy groups -OCH3 is 1. The third-order valence-corrected chi connectivity index (χ3v) is 4.45. The molecule has 3 nitrogen and oxygen atoms in total. The zero-order valence-corrected chi connectivity index (χ0v) is 14.8. The Morgan fingerprint density at radius 2 is 1.76 bits per heavy atom. The Morgan fingerprint density at radius 3 is 2.29 bits per heavy atom. The van der Waals surface area contributed by atoms with E-state index < -0.39 is 5.97 Å². The number of benzene rings is 2. The van der Waals surface area contributed by atoms with Crippen molar-refractivity contribution in [3.05, 3.63) is 55.6 Å². The van der Waals surface area contributed by atoms with Gasteiger partial charge >= 0.3 is 5.97 Å². The molecular formula is C16H14ClIO3. The Kier molecular flexibility index (Phi) is 5.11. The van der Waals surface area contributed by atoms with Gasteiger partial charge in [0.2, 0.25) is 0 Å². The van der Waals surface area contributed by atoms with E-state index in [1.165, 1.54) is 0 Å². The summed E-state index contributed by atoms with van der Waals surface area (Å²) in [5.74, 6) is 0.812. The highest BCUT2D eigenvalue weighted by atomic mass is 127. The number of carbonyl (C=O) groups excluding carboxylic acids is 1. The number of hydrogen-bond donors (Lipinski definition) is 0. The van der Waals surface area contributed by atoms with Crippen molar-refractivity contribution in [2.24, 2.45) is 0 Å². The largest absolute Gasteiger partial charge is 0.496 e. The van der Waals surface area contributed by atoms with E-state index in [2.05, 4.69) is 22.6 Å². The maximum absolute atomic E-state index is 12.2. The minimum Gasteiger partial charge on any atom is -0.496 e. The van der Waals surface area contributed by atoms with Crippen LogP contribution in [0.4, 0.5) is 0 Å². The maximum Gasteiger partial charge on any atom is 0.343 e. The molecule has 0 saturated heterocycles. The zero-order valence-electron chi connectivity index (χ0n) is 11.9. The van der Waals surface area contributed by atoms with E-state index in [9.17, 15) is 4.79 Å². The van der Waals surface area contributed by atoms with Crippen LogP contribution in [0.1, 0.15) is 21.5 Å². The summed E-state index contributed by atoms with van der Waals surface area (Å²) in [6, 6.07) is 8.66. The van der Waals surface area contributed by atoms with E-state index in [1.54, 1.807) is 37.4 Å². The Labute approximate surface area is 142 Å². The molecule has 2 aromatic rings. The molecule has 0 aliphatic rings. The molecule has 0 heterocycles. The first kappa shape index (κ1) is 16.1. The summed E-state index contributed by atoms with van der Waals surface area (Å²) in [4.78, 5) is 12.2. The molecule has 0 aromatic heterocycles. The summed E-state index contributed by atoms with van der Waals surface area (Å²) in [7, 11) is 1.59. The summed E-state index contributed by atoms with van der Waals surface area (Å²) in [5.41, 5.74) is 2.23. The molecule has 5 heteroatoms. The van der Waals surface area contributed by atoms with Crippen molar-refractivity contribution >= 4 is 40.2 Å². The predicted octanol–water partition coefficient (Wildman–Crippen LogP) is 4.79. The van der Waals surface area contributed by atoms with Gasteiger partial charge in [-0.05, 0) is 77.9 Å². The second kappa shape index (κ2) is 6.66. The van der Waals surface area contributed by atoms with E-state index in [-0.39, 0.29) is 0 Å². The highest BCUT2D eigenvalue weighted by Crippen LogP contribution is 2.27. The normalized spacial score (nSPS) is 10.3. The first-order chi connectivity index (χ1) is 9.92. The standard InChI is InChI=1S/C16H14ClIO3/c1-9-6-12(7-10(2)15(9)17)21-16(19)11-4-5-14(20-3)13(18)8-11/h4-8H,1-3H3. The summed E-state index contributed by atoms with van der Waals surface area (Å²) >= 11 is 8.22. The zero-order chi connectivity index (χ0) is 15.6. The summed E-state index contributed by atoms with van der Waals surface area (Å²) in [6.45, 7) is 3.76. The summed E-state index contributed by atoms with van der Waals surface area (Å²) in [5, 5.41) is 0.689. The SMILES string of the molecule is COc1ccc(C(=O)Oc2cc(C)c(Cl)c(C)c2)cc1I. The van der Waals surface area contributed by atoms with Gasteiger partial charge in [0.05, 0.1) is 16.2 Å². The summed E-state index contributed by atoms with van der Waals surface area (Å²) in [6.07, 6.45) is 0. The Bertz CT molecular complexity index is 675. The molecule has 0 spiro atoms. The number of aryl methyl sites for hydroxylation is 2. The van der Waals surface area contributed by atoms with E-state index in [0.717, 1.165) is 20.4 Å². The van der Waals surface area contributed by atoms with E-state index in [1.807, 2.05) is 13.8 Å². The van der Waals surface area contributed by atoms with Crippen LogP contribution in [0.2, 0.25) is 5.02 Å². The van der Waals surface area contributed by atoms with Gasteiger partial charge in [0, 0.05) is 5.02 Å². The van der Waals surface area contributed by atoms with Crippen molar-refractivity contribution in [2.75, 3.05) is 7.11 Å². The van der Waals surface area contributed by atoms with Gasteiger partial charge in [0.1, 0.15) is 11.5 Å². The highest BCUT2D eigenvalue weighted by molar-refractivity contribution is 14.1. The van der Waals surface area contributed by atoms with E-state index in [4.69, 9.17) is 21.1 Å². The topological polar surface area (TPSA) is 35.5 Å². The molecule has 2 rings (SSSR count). The van der Waals surface area contributed by atoms with Crippen molar-refractivity contribution in [3.63, 3.8) is 0 Å². The van der Waals surface area contributed by atoms with Crippen LogP contribution < -0.4 is 9.47 Å². The third kappa shape index (κ3) is 3.68. The molecule has 0 saturated carbocycles. The fraction of sp³-hybridized carbons (Fsp3) is 0.188. The minimum absolute atomic E-state index is 0.406. The lowest BCUT2D eigenvalue weighted by Gasteiger charge is -2.09. The first-order valence-corrected chi connectivity index (χ1v) is 7.70. The van der Waals surface area contributed by atoms with Gasteiger partial charge in [-0.25, -0.2) is 4.79 Å². The molecule has 21 heavy (non-hydrogen) atoms. The Hall–Kier alpha value is -1.27. The number of rotatable bonds is 3. The number of halogens is 2. The van der Waals surface area contributed by atoms with Crippen LogP contribution in [-0.4, -0.2) is 13.1 Å². The fourth-order valence-corrected chi connectivity index (χ4v) is 2.77. The maximum atomic E-state index is 12.2. The van der Waals surface area contributed by atoms with Crippen LogP contribution in [0.5, 0.6) is 11.5 Å². The molecule has 0 radical (unpaired) electrons. The second-order valence-corrected chi connectivity index (χ2v) is 6.15. The Morgan fingerprint density at radius 1 is 1.14 bits per heavy atom. The molecule has 0 bridgehead atoms. The average molecular weight is 417 g/mol. The highest BCUT2D eigenvalue weighted by Gasteiger charge is 2.12. The molecule has 2 aromatic carbocycles. The number of esters is 1. The lowest BCUT2D eigenvalue weighted by atomic mass is 10.1. The average Bonchev–Trinajstić information content (AvgIpc) is 2.44. The van der Waals surface area contributed by atoms with Crippen molar-refractivity contribution < 1.29 is 14.3 Å². The van der Waals surface area contributed by atoms with Crippen molar-refractivity contribution in [1.29, 1.82) is 0 Å². The van der Waals surface area contributed by atoms with Gasteiger partial charge in [0.15, 0.2) is 0 Å². The lowest BCUT2D eigenvalue weighted by Crippen LogP contribution is -2.09. The monoisotopic (exact) mass is 416 g/mol. The minimum atomic E-state index is -0.406. The summed E-state index contributed by atoms with van der Waals surface area (Å²) < 4.78 is 11.4. The molecule has 0 atom stereocenters. The van der Waals surface area contributed by atoms with Crippen LogP contribution in [0.15, 0.2) is 30.3 Å². The van der Waals surface area contributed by atoms with Crippen molar-refractivity contribution in [3.8, 4) is 11.5 Å². The van der Waals surface area contributed by atoms with Crippen LogP contribution >= 0.6 is 34.2 Å². The van der Waals surface area contributed by atoms with Crippen LogP contribution in [0, 0.1) is 17.4 Å². The molecule has 0 aliphatic carbocycles. The third-order valence-electron chi connectivity index (χ3n) is 3.01. The van der Waals surface area contributed by atoms with E-state index >= 15 is 0 Å². The van der Waals surface area contributed by atoms with E-state index in [0.29, 0.717) is 16.3 Å². The van der Waals surface area contributed by atoms with Gasteiger partial charge in [0.25, 0.3) is 0 Å². The van der Waals surface area contributed by atoms with Gasteiger partial charge < -0.3 is 9.47 Å². The van der Waals surface area contributed by atoms with Crippen molar-refractivity contribution in [2.45, 2.75) is 13.8 Å². The van der Waals surface area contributed by atoms with Crippen molar-refractivity contribution in [1.82, 2.24) is 0 Å². The fourth-order valence-electron chi connectivity index (χ4n) is 1.92. The number of carbonyl (C=O) groups is 1. The smallest absolute Gasteiger partial charge is 0.343 e. The van der Waals surface area contributed by atoms with Gasteiger partial charge in [-0.3, -0.25) is 0 Å². The van der Waals surface area contributed by atoms with Crippen LogP contribution in [-0.2, 0) is 0 Å². The van der Waals surface area contributed by atoms with Gasteiger partial charge in [-0.15, -0.1) is 0 Å². The Balaban J connectivity index is 2.24.